The molecule has 0 aliphatic heterocycles. The van der Waals surface area contributed by atoms with E-state index in [2.05, 4.69) is 15.6 Å². The smallest absolute Gasteiger partial charge is 0.330 e. The van der Waals surface area contributed by atoms with Crippen molar-refractivity contribution in [3.63, 3.8) is 0 Å². The van der Waals surface area contributed by atoms with Crippen LogP contribution in [0.3, 0.4) is 0 Å². The first-order valence-electron chi connectivity index (χ1n) is 3.95. The first-order chi connectivity index (χ1) is 6.66. The average Bonchev–Trinajstić information content (AvgIpc) is 1.98. The van der Waals surface area contributed by atoms with E-state index in [0.717, 1.165) is 6.08 Å². The highest BCUT2D eigenvalue weighted by atomic mass is 32.3. The summed E-state index contributed by atoms with van der Waals surface area (Å²) in [5, 5.41) is 0. The fourth-order valence-electron chi connectivity index (χ4n) is 0.709. The van der Waals surface area contributed by atoms with Crippen LogP contribution in [0.25, 0.3) is 0 Å². The van der Waals surface area contributed by atoms with E-state index in [0.29, 0.717) is 0 Å². The van der Waals surface area contributed by atoms with Crippen molar-refractivity contribution < 1.29 is 31.4 Å². The number of hydroxylamine groups is 3. The molecule has 0 N–H and O–H groups in total. The maximum absolute atomic E-state index is 10.6. The van der Waals surface area contributed by atoms with Gasteiger partial charge in [-0.2, -0.15) is 4.65 Å². The van der Waals surface area contributed by atoms with Gasteiger partial charge in [-0.05, 0) is 0 Å². The maximum Gasteiger partial charge on any atom is 0.330 e. The minimum absolute atomic E-state index is 0. The van der Waals surface area contributed by atoms with Crippen LogP contribution in [0.15, 0.2) is 12.7 Å². The van der Waals surface area contributed by atoms with Gasteiger partial charge in [0, 0.05) is 6.08 Å². The lowest BCUT2D eigenvalue weighted by Gasteiger charge is -2.26. The molecule has 0 aromatic carbocycles. The number of quaternary nitrogens is 1. The molecule has 0 saturated heterocycles. The summed E-state index contributed by atoms with van der Waals surface area (Å²) < 4.78 is 39.1. The van der Waals surface area contributed by atoms with Gasteiger partial charge in [0.05, 0.1) is 14.1 Å². The molecular weight excluding hydrogens is 238 g/mol. The Bertz CT molecular complexity index is 334. The normalized spacial score (nSPS) is 11.4. The van der Waals surface area contributed by atoms with Crippen LogP contribution in [0.2, 0.25) is 0 Å². The quantitative estimate of drug-likeness (QED) is 0.163. The molecule has 0 atom stereocenters. The molecule has 8 heteroatoms. The fourth-order valence-corrected chi connectivity index (χ4v) is 1.28. The minimum Gasteiger partial charge on any atom is -0.722 e. The number of nitrogens with zero attached hydrogens (tertiary/aromatic N) is 1. The highest BCUT2D eigenvalue weighted by molar-refractivity contribution is 7.80. The third kappa shape index (κ3) is 9.59. The molecule has 0 aromatic rings. The van der Waals surface area contributed by atoms with Crippen LogP contribution in [-0.2, 0) is 24.2 Å². The number of carbonyl (C=O) groups is 1. The van der Waals surface area contributed by atoms with E-state index in [1.807, 2.05) is 0 Å². The molecule has 0 fully saturated rings. The molecule has 0 radical (unpaired) electrons. The van der Waals surface area contributed by atoms with Crippen LogP contribution in [0.1, 0.15) is 7.43 Å². The second-order valence-corrected chi connectivity index (χ2v) is 4.12. The third-order valence-corrected chi connectivity index (χ3v) is 1.92. The molecule has 0 aliphatic rings. The topological polar surface area (TPSA) is 92.7 Å². The van der Waals surface area contributed by atoms with Crippen LogP contribution in [0.4, 0.5) is 0 Å². The van der Waals surface area contributed by atoms with Crippen molar-refractivity contribution in [1.29, 1.82) is 0 Å². The summed E-state index contributed by atoms with van der Waals surface area (Å²) in [6, 6.07) is 0. The van der Waals surface area contributed by atoms with Gasteiger partial charge < -0.3 is 9.29 Å². The standard InChI is InChI=1S/C7H13NO6S.CH4/c1-4-7(9)13-6-5-8(2,3)14-15(10,11)12;/h4H,1,5-6H2,2-3H3;1H4. The first kappa shape index (κ1) is 17.4. The van der Waals surface area contributed by atoms with Crippen molar-refractivity contribution in [2.75, 3.05) is 27.2 Å². The van der Waals surface area contributed by atoms with E-state index >= 15 is 0 Å². The van der Waals surface area contributed by atoms with Gasteiger partial charge in [-0.15, -0.1) is 0 Å². The van der Waals surface area contributed by atoms with Crippen LogP contribution in [-0.4, -0.2) is 50.8 Å². The lowest BCUT2D eigenvalue weighted by molar-refractivity contribution is -1.05. The Balaban J connectivity index is 0. The molecule has 96 valence electrons. The first-order valence-corrected chi connectivity index (χ1v) is 5.29. The summed E-state index contributed by atoms with van der Waals surface area (Å²) >= 11 is 0. The monoisotopic (exact) mass is 255 g/mol. The SMILES string of the molecule is C.C=CC(=O)OCC[N+](C)(C)OS(=O)(=O)[O-]. The largest absolute Gasteiger partial charge is 0.722 e. The van der Waals surface area contributed by atoms with Crippen molar-refractivity contribution in [3.8, 4) is 0 Å². The molecule has 0 aromatic heterocycles. The number of hydrogen-bond donors (Lipinski definition) is 0. The number of hydrogen-bond acceptors (Lipinski definition) is 6. The van der Waals surface area contributed by atoms with E-state index in [9.17, 15) is 17.8 Å². The van der Waals surface area contributed by atoms with Gasteiger partial charge in [0.25, 0.3) is 10.4 Å². The van der Waals surface area contributed by atoms with E-state index < -0.39 is 21.0 Å². The highest BCUT2D eigenvalue weighted by Gasteiger charge is 2.21. The Kier molecular flexibility index (Phi) is 7.18. The van der Waals surface area contributed by atoms with Crippen LogP contribution in [0.5, 0.6) is 0 Å². The van der Waals surface area contributed by atoms with Gasteiger partial charge in [-0.3, -0.25) is 0 Å². The number of rotatable bonds is 6. The molecule has 0 heterocycles. The van der Waals surface area contributed by atoms with Gasteiger partial charge in [-0.1, -0.05) is 18.3 Å². The van der Waals surface area contributed by atoms with Gasteiger partial charge in [0.2, 0.25) is 0 Å². The summed E-state index contributed by atoms with van der Waals surface area (Å²) in [7, 11) is -2.09. The third-order valence-electron chi connectivity index (χ3n) is 1.33. The van der Waals surface area contributed by atoms with Crippen LogP contribution in [0, 0.1) is 0 Å². The Morgan fingerprint density at radius 3 is 2.38 bits per heavy atom. The summed E-state index contributed by atoms with van der Waals surface area (Å²) in [6.07, 6.45) is 0.977. The summed E-state index contributed by atoms with van der Waals surface area (Å²) in [4.78, 5) is 10.6. The molecule has 0 bridgehead atoms. The molecular formula is C8H17NO6S. The zero-order valence-corrected chi connectivity index (χ0v) is 9.32. The van der Waals surface area contributed by atoms with Crippen LogP contribution < -0.4 is 0 Å². The highest BCUT2D eigenvalue weighted by Crippen LogP contribution is 2.02. The zero-order valence-electron chi connectivity index (χ0n) is 8.50. The lowest BCUT2D eigenvalue weighted by Crippen LogP contribution is -2.44. The lowest BCUT2D eigenvalue weighted by atomic mass is 10.6. The fraction of sp³-hybridized carbons (Fsp3) is 0.625. The van der Waals surface area contributed by atoms with Crippen molar-refractivity contribution in [2.45, 2.75) is 7.43 Å². The Morgan fingerprint density at radius 1 is 1.50 bits per heavy atom. The molecule has 0 rings (SSSR count). The van der Waals surface area contributed by atoms with Gasteiger partial charge in [0.1, 0.15) is 13.2 Å². The average molecular weight is 255 g/mol. The molecule has 0 aliphatic carbocycles. The van der Waals surface area contributed by atoms with E-state index in [4.69, 9.17) is 0 Å². The minimum atomic E-state index is -4.78. The number of esters is 1. The van der Waals surface area contributed by atoms with E-state index in [1.165, 1.54) is 14.1 Å². The summed E-state index contributed by atoms with van der Waals surface area (Å²) in [5.74, 6) is -0.625. The van der Waals surface area contributed by atoms with Crippen molar-refractivity contribution in [3.05, 3.63) is 12.7 Å². The second kappa shape index (κ2) is 6.59. The molecule has 0 amide bonds. The number of ether oxygens (including phenoxy) is 1. The number of likely N-dealkylation sites (N-methyl/N-ethyl adjacent to an activating group) is 1. The van der Waals surface area contributed by atoms with E-state index in [1.54, 1.807) is 0 Å². The molecule has 0 saturated carbocycles. The Morgan fingerprint density at radius 2 is 2.00 bits per heavy atom. The number of carbonyl (C=O) groups excluding carboxylic acids is 1. The molecule has 0 unspecified atom stereocenters. The predicted octanol–water partition coefficient (Wildman–Crippen LogP) is -0.180. The Hall–Kier alpha value is -0.960. The molecule has 16 heavy (non-hydrogen) atoms. The van der Waals surface area contributed by atoms with Crippen molar-refractivity contribution in [1.82, 2.24) is 0 Å². The van der Waals surface area contributed by atoms with Gasteiger partial charge >= 0.3 is 5.97 Å². The van der Waals surface area contributed by atoms with Gasteiger partial charge in [-0.25, -0.2) is 13.2 Å². The van der Waals surface area contributed by atoms with Crippen molar-refractivity contribution in [2.24, 2.45) is 0 Å². The Labute approximate surface area is 95.8 Å². The maximum atomic E-state index is 10.6. The molecule has 7 nitrogen and oxygen atoms in total. The summed E-state index contributed by atoms with van der Waals surface area (Å²) in [5.41, 5.74) is 0. The van der Waals surface area contributed by atoms with Crippen LogP contribution >= 0.6 is 0 Å². The van der Waals surface area contributed by atoms with Crippen molar-refractivity contribution >= 4 is 16.4 Å². The second-order valence-electron chi connectivity index (χ2n) is 3.15. The summed E-state index contributed by atoms with van der Waals surface area (Å²) in [6.45, 7) is 3.13. The zero-order chi connectivity index (χ0) is 12.1. The van der Waals surface area contributed by atoms with E-state index in [-0.39, 0.29) is 20.6 Å². The van der Waals surface area contributed by atoms with Gasteiger partial charge in [0.15, 0.2) is 0 Å². The predicted molar refractivity (Wildman–Crippen MR) is 55.6 cm³/mol. The molecule has 0 spiro atoms.